The number of carbonyl (C=O) groups is 2. The van der Waals surface area contributed by atoms with Gasteiger partial charge in [-0.15, -0.1) is 0 Å². The van der Waals surface area contributed by atoms with Crippen LogP contribution in [0.25, 0.3) is 0 Å². The number of anilines is 1. The van der Waals surface area contributed by atoms with E-state index >= 15 is 0 Å². The van der Waals surface area contributed by atoms with Gasteiger partial charge in [0.05, 0.1) is 17.5 Å². The molecule has 2 fully saturated rings. The minimum absolute atomic E-state index is 0.0545. The fourth-order valence-electron chi connectivity index (χ4n) is 3.93. The SMILES string of the molecule is O=C(NCc1ccc(N2CCCC2)nc1)C1=NN(C2CCS(=O)(=O)C2)C(=O)CC1. The van der Waals surface area contributed by atoms with Gasteiger partial charge in [0.2, 0.25) is 5.91 Å². The zero-order chi connectivity index (χ0) is 20.4. The Labute approximate surface area is 170 Å². The van der Waals surface area contributed by atoms with E-state index in [1.165, 1.54) is 17.9 Å². The molecule has 1 aromatic rings. The van der Waals surface area contributed by atoms with Gasteiger partial charge in [-0.3, -0.25) is 9.59 Å². The van der Waals surface area contributed by atoms with E-state index in [0.29, 0.717) is 13.0 Å². The van der Waals surface area contributed by atoms with Crippen molar-refractivity contribution in [1.29, 1.82) is 0 Å². The molecule has 1 unspecified atom stereocenters. The van der Waals surface area contributed by atoms with Gasteiger partial charge >= 0.3 is 0 Å². The van der Waals surface area contributed by atoms with Gasteiger partial charge in [0, 0.05) is 38.7 Å². The average molecular weight is 420 g/mol. The van der Waals surface area contributed by atoms with Crippen molar-refractivity contribution in [1.82, 2.24) is 15.3 Å². The minimum Gasteiger partial charge on any atom is -0.357 e. The quantitative estimate of drug-likeness (QED) is 0.742. The van der Waals surface area contributed by atoms with Crippen LogP contribution < -0.4 is 10.2 Å². The Hall–Kier alpha value is -2.49. The van der Waals surface area contributed by atoms with E-state index in [1.54, 1.807) is 6.20 Å². The Balaban J connectivity index is 1.36. The Morgan fingerprint density at radius 2 is 2.00 bits per heavy atom. The Morgan fingerprint density at radius 1 is 1.21 bits per heavy atom. The highest BCUT2D eigenvalue weighted by Gasteiger charge is 2.37. The lowest BCUT2D eigenvalue weighted by molar-refractivity contribution is -0.133. The molecule has 0 radical (unpaired) electrons. The van der Waals surface area contributed by atoms with Gasteiger partial charge in [-0.25, -0.2) is 18.4 Å². The third-order valence-electron chi connectivity index (χ3n) is 5.57. The summed E-state index contributed by atoms with van der Waals surface area (Å²) in [5.74, 6) is 0.345. The van der Waals surface area contributed by atoms with Crippen LogP contribution in [0.3, 0.4) is 0 Å². The summed E-state index contributed by atoms with van der Waals surface area (Å²) in [5.41, 5.74) is 1.14. The largest absolute Gasteiger partial charge is 0.357 e. The number of hydrogen-bond acceptors (Lipinski definition) is 7. The predicted molar refractivity (Wildman–Crippen MR) is 108 cm³/mol. The van der Waals surface area contributed by atoms with Crippen molar-refractivity contribution in [2.24, 2.45) is 5.10 Å². The van der Waals surface area contributed by atoms with Crippen LogP contribution in [0, 0.1) is 0 Å². The molecule has 29 heavy (non-hydrogen) atoms. The van der Waals surface area contributed by atoms with Gasteiger partial charge in [-0.05, 0) is 30.9 Å². The van der Waals surface area contributed by atoms with Gasteiger partial charge in [-0.1, -0.05) is 6.07 Å². The van der Waals surface area contributed by atoms with Crippen LogP contribution in [-0.2, 0) is 26.0 Å². The summed E-state index contributed by atoms with van der Waals surface area (Å²) in [6, 6.07) is 3.44. The monoisotopic (exact) mass is 419 g/mol. The normalized spacial score (nSPS) is 23.9. The van der Waals surface area contributed by atoms with Crippen molar-refractivity contribution < 1.29 is 18.0 Å². The Morgan fingerprint density at radius 3 is 2.66 bits per heavy atom. The molecular weight excluding hydrogens is 394 g/mol. The van der Waals surface area contributed by atoms with Crippen LogP contribution in [0.2, 0.25) is 0 Å². The molecule has 2 saturated heterocycles. The molecule has 9 nitrogen and oxygen atoms in total. The third kappa shape index (κ3) is 4.58. The first-order valence-corrected chi connectivity index (χ1v) is 11.8. The number of nitrogens with zero attached hydrogens (tertiary/aromatic N) is 4. The van der Waals surface area contributed by atoms with Gasteiger partial charge < -0.3 is 10.2 Å². The lowest BCUT2D eigenvalue weighted by Gasteiger charge is -2.27. The first-order chi connectivity index (χ1) is 13.9. The van der Waals surface area contributed by atoms with Crippen LogP contribution >= 0.6 is 0 Å². The smallest absolute Gasteiger partial charge is 0.267 e. The molecule has 1 N–H and O–H groups in total. The van der Waals surface area contributed by atoms with E-state index in [-0.39, 0.29) is 41.9 Å². The number of nitrogens with one attached hydrogen (secondary N) is 1. The Bertz CT molecular complexity index is 922. The van der Waals surface area contributed by atoms with Crippen LogP contribution in [0.15, 0.2) is 23.4 Å². The number of rotatable bonds is 5. The van der Waals surface area contributed by atoms with Crippen molar-refractivity contribution in [3.8, 4) is 0 Å². The van der Waals surface area contributed by atoms with E-state index in [0.717, 1.165) is 24.5 Å². The highest BCUT2D eigenvalue weighted by Crippen LogP contribution is 2.22. The van der Waals surface area contributed by atoms with Crippen LogP contribution in [0.1, 0.15) is 37.7 Å². The average Bonchev–Trinajstić information content (AvgIpc) is 3.36. The fourth-order valence-corrected chi connectivity index (χ4v) is 5.62. The second-order valence-electron chi connectivity index (χ2n) is 7.74. The molecule has 2 amide bonds. The number of hydrazone groups is 1. The highest BCUT2D eigenvalue weighted by molar-refractivity contribution is 7.91. The maximum absolute atomic E-state index is 12.5. The summed E-state index contributed by atoms with van der Waals surface area (Å²) in [6.45, 7) is 2.37. The molecule has 156 valence electrons. The summed E-state index contributed by atoms with van der Waals surface area (Å²) in [4.78, 5) is 31.4. The maximum atomic E-state index is 12.5. The molecular formula is C19H25N5O4S. The predicted octanol–water partition coefficient (Wildman–Crippen LogP) is 0.463. The van der Waals surface area contributed by atoms with Crippen LogP contribution in [-0.4, -0.2) is 66.6 Å². The van der Waals surface area contributed by atoms with E-state index in [9.17, 15) is 18.0 Å². The molecule has 0 spiro atoms. The lowest BCUT2D eigenvalue weighted by atomic mass is 10.1. The van der Waals surface area contributed by atoms with Gasteiger partial charge in [0.25, 0.3) is 5.91 Å². The molecule has 10 heteroatoms. The van der Waals surface area contributed by atoms with Crippen molar-refractivity contribution in [2.75, 3.05) is 29.5 Å². The summed E-state index contributed by atoms with van der Waals surface area (Å²) >= 11 is 0. The summed E-state index contributed by atoms with van der Waals surface area (Å²) < 4.78 is 23.4. The van der Waals surface area contributed by atoms with Crippen LogP contribution in [0.4, 0.5) is 5.82 Å². The molecule has 4 rings (SSSR count). The number of pyridine rings is 1. The van der Waals surface area contributed by atoms with Crippen LogP contribution in [0.5, 0.6) is 0 Å². The summed E-state index contributed by atoms with van der Waals surface area (Å²) in [5, 5.41) is 8.21. The first kappa shape index (κ1) is 19.8. The van der Waals surface area contributed by atoms with Gasteiger partial charge in [0.1, 0.15) is 11.5 Å². The van der Waals surface area contributed by atoms with Crippen molar-refractivity contribution in [2.45, 2.75) is 44.7 Å². The second-order valence-corrected chi connectivity index (χ2v) is 9.97. The van der Waals surface area contributed by atoms with Crippen molar-refractivity contribution in [3.63, 3.8) is 0 Å². The molecule has 0 bridgehead atoms. The zero-order valence-corrected chi connectivity index (χ0v) is 17.0. The van der Waals surface area contributed by atoms with Gasteiger partial charge in [-0.2, -0.15) is 5.10 Å². The number of aromatic nitrogens is 1. The van der Waals surface area contributed by atoms with E-state index < -0.39 is 15.9 Å². The molecule has 1 aromatic heterocycles. The molecule has 3 aliphatic heterocycles. The molecule has 3 aliphatic rings. The highest BCUT2D eigenvalue weighted by atomic mass is 32.2. The molecule has 0 aromatic carbocycles. The van der Waals surface area contributed by atoms with E-state index in [4.69, 9.17) is 0 Å². The zero-order valence-electron chi connectivity index (χ0n) is 16.2. The minimum atomic E-state index is -3.14. The van der Waals surface area contributed by atoms with Gasteiger partial charge in [0.15, 0.2) is 9.84 Å². The molecule has 1 atom stereocenters. The number of carbonyl (C=O) groups excluding carboxylic acids is 2. The second kappa shape index (κ2) is 8.10. The molecule has 0 aliphatic carbocycles. The summed E-state index contributed by atoms with van der Waals surface area (Å²) in [7, 11) is -3.14. The summed E-state index contributed by atoms with van der Waals surface area (Å²) in [6.07, 6.45) is 4.92. The van der Waals surface area contributed by atoms with E-state index in [2.05, 4.69) is 20.3 Å². The standard InChI is InChI=1S/C19H25N5O4S/c25-18-6-4-16(22-24(18)15-7-10-29(27,28)13-15)19(26)21-12-14-3-5-17(20-11-14)23-8-1-2-9-23/h3,5,11,15H,1-2,4,6-10,12-13H2,(H,21,26). The molecule has 0 saturated carbocycles. The van der Waals surface area contributed by atoms with Crippen molar-refractivity contribution >= 4 is 33.2 Å². The topological polar surface area (TPSA) is 112 Å². The first-order valence-electron chi connectivity index (χ1n) is 9.99. The fraction of sp³-hybridized carbons (Fsp3) is 0.579. The van der Waals surface area contributed by atoms with Crippen molar-refractivity contribution in [3.05, 3.63) is 23.9 Å². The maximum Gasteiger partial charge on any atom is 0.267 e. The van der Waals surface area contributed by atoms with E-state index in [1.807, 2.05) is 12.1 Å². The number of hydrogen-bond donors (Lipinski definition) is 1. The number of amides is 2. The Kier molecular flexibility index (Phi) is 5.53. The number of sulfone groups is 1. The molecule has 4 heterocycles. The third-order valence-corrected chi connectivity index (χ3v) is 7.32. The lowest BCUT2D eigenvalue weighted by Crippen LogP contribution is -2.43.